The lowest BCUT2D eigenvalue weighted by atomic mass is 10.00. The van der Waals surface area contributed by atoms with Crippen LogP contribution in [0.1, 0.15) is 38.8 Å². The summed E-state index contributed by atoms with van der Waals surface area (Å²) in [5.74, 6) is 0.890. The zero-order valence-corrected chi connectivity index (χ0v) is 20.3. The van der Waals surface area contributed by atoms with Gasteiger partial charge in [-0.1, -0.05) is 43.3 Å². The molecular weight excluding hydrogens is 402 g/mol. The first-order valence-corrected chi connectivity index (χ1v) is 11.9. The molecule has 0 spiro atoms. The Morgan fingerprint density at radius 1 is 1.16 bits per heavy atom. The van der Waals surface area contributed by atoms with Gasteiger partial charge in [0, 0.05) is 30.4 Å². The molecular formula is C26H35N3OS. The lowest BCUT2D eigenvalue weighted by molar-refractivity contribution is 0.0573. The second-order valence-electron chi connectivity index (χ2n) is 8.63. The van der Waals surface area contributed by atoms with E-state index in [2.05, 4.69) is 104 Å². The summed E-state index contributed by atoms with van der Waals surface area (Å²) in [6.07, 6.45) is 5.27. The Labute approximate surface area is 191 Å². The molecule has 0 amide bonds. The Kier molecular flexibility index (Phi) is 7.52. The van der Waals surface area contributed by atoms with Gasteiger partial charge in [0.2, 0.25) is 0 Å². The van der Waals surface area contributed by atoms with Crippen LogP contribution in [0.5, 0.6) is 0 Å². The quantitative estimate of drug-likeness (QED) is 0.570. The minimum absolute atomic E-state index is 0.165. The number of aryl methyl sites for hydroxylation is 1. The minimum atomic E-state index is -0.868. The van der Waals surface area contributed by atoms with Crippen LogP contribution < -0.4 is 15.3 Å². The van der Waals surface area contributed by atoms with E-state index in [9.17, 15) is 5.11 Å². The Morgan fingerprint density at radius 2 is 1.84 bits per heavy atom. The number of hydrogen-bond acceptors (Lipinski definition) is 5. The number of nitrogens with zero attached hydrogens (tertiary/aromatic N) is 2. The first kappa shape index (κ1) is 23.5. The second-order valence-corrected chi connectivity index (χ2v) is 9.65. The van der Waals surface area contributed by atoms with Crippen molar-refractivity contribution in [1.82, 2.24) is 5.43 Å². The molecule has 1 heterocycles. The molecule has 0 radical (unpaired) electrons. The molecule has 166 valence electrons. The molecule has 3 rings (SSSR count). The molecule has 0 bridgehead atoms. The van der Waals surface area contributed by atoms with Gasteiger partial charge in [0.05, 0.1) is 23.0 Å². The molecule has 0 aromatic heterocycles. The normalized spacial score (nSPS) is 17.1. The van der Waals surface area contributed by atoms with Crippen molar-refractivity contribution >= 4 is 23.1 Å². The van der Waals surface area contributed by atoms with E-state index in [4.69, 9.17) is 0 Å². The van der Waals surface area contributed by atoms with E-state index in [1.54, 1.807) is 0 Å². The third-order valence-corrected chi connectivity index (χ3v) is 6.80. The van der Waals surface area contributed by atoms with E-state index in [0.29, 0.717) is 0 Å². The van der Waals surface area contributed by atoms with Crippen LogP contribution in [0.4, 0.5) is 11.4 Å². The van der Waals surface area contributed by atoms with Gasteiger partial charge in [-0.3, -0.25) is 5.01 Å². The van der Waals surface area contributed by atoms with Crippen molar-refractivity contribution in [1.29, 1.82) is 0 Å². The summed E-state index contributed by atoms with van der Waals surface area (Å²) in [6, 6.07) is 17.0. The highest BCUT2D eigenvalue weighted by Gasteiger charge is 2.35. The maximum Gasteiger partial charge on any atom is 0.0798 e. The van der Waals surface area contributed by atoms with Crippen LogP contribution in [0.15, 0.2) is 71.3 Å². The van der Waals surface area contributed by atoms with Gasteiger partial charge in [0.15, 0.2) is 0 Å². The fourth-order valence-corrected chi connectivity index (χ4v) is 4.60. The topological polar surface area (TPSA) is 38.7 Å². The number of para-hydroxylation sites is 1. The molecule has 31 heavy (non-hydrogen) atoms. The molecule has 4 nitrogen and oxygen atoms in total. The molecule has 0 aliphatic carbocycles. The van der Waals surface area contributed by atoms with E-state index in [-0.39, 0.29) is 6.04 Å². The fourth-order valence-electron chi connectivity index (χ4n) is 3.62. The zero-order chi connectivity index (χ0) is 22.6. The number of aliphatic hydroxyl groups is 1. The molecule has 0 saturated heterocycles. The number of allylic oxidation sites excluding steroid dienone is 1. The zero-order valence-electron chi connectivity index (χ0n) is 19.5. The number of hydrazine groups is 1. The molecule has 0 saturated carbocycles. The number of rotatable bonds is 8. The van der Waals surface area contributed by atoms with Crippen LogP contribution in [-0.2, 0) is 12.2 Å². The predicted molar refractivity (Wildman–Crippen MR) is 135 cm³/mol. The van der Waals surface area contributed by atoms with Crippen molar-refractivity contribution in [2.24, 2.45) is 0 Å². The number of thioether (sulfide) groups is 1. The average molecular weight is 438 g/mol. The third-order valence-electron chi connectivity index (χ3n) is 5.57. The van der Waals surface area contributed by atoms with E-state index in [1.165, 1.54) is 21.7 Å². The number of hydrogen-bond donors (Lipinski definition) is 2. The van der Waals surface area contributed by atoms with Gasteiger partial charge in [-0.15, -0.1) is 11.8 Å². The maximum absolute atomic E-state index is 10.7. The van der Waals surface area contributed by atoms with E-state index in [1.807, 2.05) is 25.6 Å². The highest BCUT2D eigenvalue weighted by atomic mass is 32.2. The highest BCUT2D eigenvalue weighted by Crippen LogP contribution is 2.37. The van der Waals surface area contributed by atoms with Gasteiger partial charge >= 0.3 is 0 Å². The van der Waals surface area contributed by atoms with Crippen molar-refractivity contribution in [3.63, 3.8) is 0 Å². The van der Waals surface area contributed by atoms with E-state index < -0.39 is 5.60 Å². The molecule has 1 aliphatic heterocycles. The van der Waals surface area contributed by atoms with Crippen LogP contribution >= 0.6 is 11.8 Å². The Balaban J connectivity index is 1.86. The molecule has 5 heteroatoms. The number of benzene rings is 2. The van der Waals surface area contributed by atoms with Crippen molar-refractivity contribution in [2.75, 3.05) is 24.0 Å². The summed E-state index contributed by atoms with van der Waals surface area (Å²) in [7, 11) is 4.12. The minimum Gasteiger partial charge on any atom is -0.388 e. The van der Waals surface area contributed by atoms with Gasteiger partial charge in [0.1, 0.15) is 0 Å². The first-order valence-electron chi connectivity index (χ1n) is 10.9. The Hall–Kier alpha value is -2.21. The van der Waals surface area contributed by atoms with Gasteiger partial charge in [-0.2, -0.15) is 0 Å². The Bertz CT molecular complexity index is 942. The monoisotopic (exact) mass is 437 g/mol. The fraction of sp³-hybridized carbons (Fsp3) is 0.385. The molecule has 2 N–H and O–H groups in total. The Morgan fingerprint density at radius 3 is 2.42 bits per heavy atom. The van der Waals surface area contributed by atoms with Crippen LogP contribution in [0.3, 0.4) is 0 Å². The SMILES string of the molecule is C/C=C(\SCc1ccc(N(C)C)cc1)C1=CC(C(C)(C)O)NN1c1ccccc1CC. The van der Waals surface area contributed by atoms with Crippen LogP contribution in [0, 0.1) is 0 Å². The highest BCUT2D eigenvalue weighted by molar-refractivity contribution is 8.02. The first-order chi connectivity index (χ1) is 14.7. The third kappa shape index (κ3) is 5.53. The maximum atomic E-state index is 10.7. The summed E-state index contributed by atoms with van der Waals surface area (Å²) in [5, 5.41) is 12.8. The molecule has 1 unspecified atom stereocenters. The number of nitrogens with one attached hydrogen (secondary N) is 1. The van der Waals surface area contributed by atoms with Crippen LogP contribution in [0.25, 0.3) is 0 Å². The largest absolute Gasteiger partial charge is 0.388 e. The molecule has 1 atom stereocenters. The molecule has 0 fully saturated rings. The van der Waals surface area contributed by atoms with Crippen molar-refractivity contribution < 1.29 is 5.11 Å². The van der Waals surface area contributed by atoms with Crippen molar-refractivity contribution in [3.05, 3.63) is 82.4 Å². The van der Waals surface area contributed by atoms with Gasteiger partial charge in [-0.05, 0) is 62.6 Å². The van der Waals surface area contributed by atoms with Gasteiger partial charge in [0.25, 0.3) is 0 Å². The summed E-state index contributed by atoms with van der Waals surface area (Å²) in [5.41, 5.74) is 8.68. The second kappa shape index (κ2) is 9.94. The van der Waals surface area contributed by atoms with E-state index >= 15 is 0 Å². The van der Waals surface area contributed by atoms with Gasteiger partial charge in [-0.25, -0.2) is 5.43 Å². The summed E-state index contributed by atoms with van der Waals surface area (Å²) >= 11 is 1.83. The summed E-state index contributed by atoms with van der Waals surface area (Å²) < 4.78 is 0. The average Bonchev–Trinajstić information content (AvgIpc) is 3.20. The number of anilines is 2. The van der Waals surface area contributed by atoms with Gasteiger partial charge < -0.3 is 10.0 Å². The standard InChI is InChI=1S/C26H35N3OS/c1-7-20-11-9-10-12-22(20)29-23(17-25(27-29)26(3,4)30)24(8-2)31-18-19-13-15-21(16-14-19)28(5)6/h8-17,25,27,30H,7,18H2,1-6H3/b24-8-. The molecule has 2 aromatic carbocycles. The van der Waals surface area contributed by atoms with Crippen LogP contribution in [0.2, 0.25) is 0 Å². The predicted octanol–water partition coefficient (Wildman–Crippen LogP) is 5.50. The lowest BCUT2D eigenvalue weighted by Gasteiger charge is -2.30. The summed E-state index contributed by atoms with van der Waals surface area (Å²) in [4.78, 5) is 3.31. The molecule has 1 aliphatic rings. The smallest absolute Gasteiger partial charge is 0.0798 e. The van der Waals surface area contributed by atoms with Crippen molar-refractivity contribution in [3.8, 4) is 0 Å². The lowest BCUT2D eigenvalue weighted by Crippen LogP contribution is -2.48. The van der Waals surface area contributed by atoms with E-state index in [0.717, 1.165) is 23.6 Å². The summed E-state index contributed by atoms with van der Waals surface area (Å²) in [6.45, 7) is 7.96. The molecule has 2 aromatic rings. The van der Waals surface area contributed by atoms with Crippen LogP contribution in [-0.4, -0.2) is 30.8 Å². The van der Waals surface area contributed by atoms with Crippen molar-refractivity contribution in [2.45, 2.75) is 51.5 Å².